The van der Waals surface area contributed by atoms with Crippen LogP contribution < -0.4 is 0 Å². The molecule has 0 fully saturated rings. The zero-order valence-electron chi connectivity index (χ0n) is 16.7. The van der Waals surface area contributed by atoms with Crippen LogP contribution in [0.4, 0.5) is 17.6 Å². The Morgan fingerprint density at radius 2 is 1.70 bits per heavy atom. The van der Waals surface area contributed by atoms with Crippen LogP contribution in [-0.2, 0) is 6.18 Å². The number of Topliss-reactive ketones (excluding diaryl/α,β-unsaturated/α-hetero) is 1. The highest BCUT2D eigenvalue weighted by Gasteiger charge is 2.35. The van der Waals surface area contributed by atoms with Crippen molar-refractivity contribution < 1.29 is 22.4 Å². The van der Waals surface area contributed by atoms with Crippen LogP contribution in [0, 0.1) is 5.82 Å². The van der Waals surface area contributed by atoms with E-state index in [1.165, 1.54) is 34.9 Å². The summed E-state index contributed by atoms with van der Waals surface area (Å²) >= 11 is 7.01. The maximum atomic E-state index is 13.8. The van der Waals surface area contributed by atoms with Crippen molar-refractivity contribution in [1.82, 2.24) is 14.8 Å². The number of rotatable bonds is 6. The molecule has 0 amide bonds. The van der Waals surface area contributed by atoms with Gasteiger partial charge in [0.15, 0.2) is 16.8 Å². The van der Waals surface area contributed by atoms with Gasteiger partial charge in [-0.15, -0.1) is 10.2 Å². The lowest BCUT2D eigenvalue weighted by atomic mass is 10.1. The summed E-state index contributed by atoms with van der Waals surface area (Å²) in [7, 11) is 0. The second-order valence-corrected chi connectivity index (χ2v) is 8.26. The van der Waals surface area contributed by atoms with Crippen molar-refractivity contribution >= 4 is 29.1 Å². The zero-order valence-corrected chi connectivity index (χ0v) is 18.3. The molecule has 0 radical (unpaired) electrons. The predicted molar refractivity (Wildman–Crippen MR) is 118 cm³/mol. The molecule has 4 rings (SSSR count). The fourth-order valence-electron chi connectivity index (χ4n) is 3.15. The highest BCUT2D eigenvalue weighted by atomic mass is 35.5. The van der Waals surface area contributed by atoms with Crippen molar-refractivity contribution in [2.24, 2.45) is 0 Å². The highest BCUT2D eigenvalue weighted by Crippen LogP contribution is 2.37. The number of benzene rings is 3. The number of nitrogens with zero attached hydrogens (tertiary/aromatic N) is 3. The largest absolute Gasteiger partial charge is 0.418 e. The lowest BCUT2D eigenvalue weighted by Crippen LogP contribution is -2.12. The van der Waals surface area contributed by atoms with E-state index < -0.39 is 17.6 Å². The first-order valence-electron chi connectivity index (χ1n) is 9.53. The maximum absolute atomic E-state index is 13.8. The third-order valence-electron chi connectivity index (χ3n) is 4.67. The van der Waals surface area contributed by atoms with E-state index in [4.69, 9.17) is 11.6 Å². The molecule has 33 heavy (non-hydrogen) atoms. The molecule has 1 aromatic heterocycles. The van der Waals surface area contributed by atoms with Crippen molar-refractivity contribution in [2.45, 2.75) is 11.3 Å². The third kappa shape index (κ3) is 5.09. The van der Waals surface area contributed by atoms with Gasteiger partial charge in [-0.25, -0.2) is 4.39 Å². The van der Waals surface area contributed by atoms with Gasteiger partial charge in [-0.2, -0.15) is 13.2 Å². The molecule has 0 aliphatic carbocycles. The number of hydrogen-bond acceptors (Lipinski definition) is 4. The number of para-hydroxylation sites is 1. The summed E-state index contributed by atoms with van der Waals surface area (Å²) in [6.45, 7) is 0. The molecule has 0 saturated carbocycles. The number of carbonyl (C=O) groups excluding carboxylic acids is 1. The van der Waals surface area contributed by atoms with Gasteiger partial charge in [-0.1, -0.05) is 47.6 Å². The normalized spacial score (nSPS) is 11.5. The lowest BCUT2D eigenvalue weighted by Gasteiger charge is -2.16. The number of alkyl halides is 3. The monoisotopic (exact) mass is 491 g/mol. The summed E-state index contributed by atoms with van der Waals surface area (Å²) in [5, 5.41) is 8.63. The molecular formula is C23H14ClF4N3OS. The minimum absolute atomic E-state index is 0.0946. The average Bonchev–Trinajstić information content (AvgIpc) is 3.21. The molecule has 1 heterocycles. The van der Waals surface area contributed by atoms with Crippen LogP contribution >= 0.6 is 23.4 Å². The summed E-state index contributed by atoms with van der Waals surface area (Å²) < 4.78 is 55.7. The smallest absolute Gasteiger partial charge is 0.293 e. The Balaban J connectivity index is 1.77. The summed E-state index contributed by atoms with van der Waals surface area (Å²) in [5.41, 5.74) is -0.314. The van der Waals surface area contributed by atoms with Crippen LogP contribution in [0.1, 0.15) is 15.9 Å². The minimum atomic E-state index is -4.63. The Kier molecular flexibility index (Phi) is 6.53. The minimum Gasteiger partial charge on any atom is -0.293 e. The van der Waals surface area contributed by atoms with E-state index in [0.717, 1.165) is 30.0 Å². The number of halogens is 5. The number of carbonyl (C=O) groups is 1. The second-order valence-electron chi connectivity index (χ2n) is 6.89. The lowest BCUT2D eigenvalue weighted by molar-refractivity contribution is -0.137. The van der Waals surface area contributed by atoms with Gasteiger partial charge in [0.1, 0.15) is 5.82 Å². The van der Waals surface area contributed by atoms with E-state index in [1.54, 1.807) is 24.3 Å². The third-order valence-corrected chi connectivity index (χ3v) is 5.83. The van der Waals surface area contributed by atoms with Gasteiger partial charge in [0.05, 0.1) is 17.0 Å². The van der Waals surface area contributed by atoms with Gasteiger partial charge < -0.3 is 0 Å². The van der Waals surface area contributed by atoms with Crippen molar-refractivity contribution in [3.8, 4) is 17.1 Å². The first-order valence-corrected chi connectivity index (χ1v) is 10.9. The van der Waals surface area contributed by atoms with E-state index in [1.807, 2.05) is 0 Å². The summed E-state index contributed by atoms with van der Waals surface area (Å²) in [4.78, 5) is 12.5. The summed E-state index contributed by atoms with van der Waals surface area (Å²) in [6, 6.07) is 16.6. The Morgan fingerprint density at radius 3 is 2.39 bits per heavy atom. The molecular weight excluding hydrogens is 478 g/mol. The van der Waals surface area contributed by atoms with Crippen molar-refractivity contribution in [1.29, 1.82) is 0 Å². The molecule has 4 nitrogen and oxygen atoms in total. The predicted octanol–water partition coefficient (Wildman–Crippen LogP) is 6.72. The Hall–Kier alpha value is -3.17. The first-order chi connectivity index (χ1) is 15.7. The SMILES string of the molecule is O=C(CSc1nnc(-c2cccc(Cl)c2)n1-c1ccccc1C(F)(F)F)c1ccc(F)cc1. The molecule has 0 aliphatic heterocycles. The molecule has 3 aromatic carbocycles. The molecule has 4 aromatic rings. The fourth-order valence-corrected chi connectivity index (χ4v) is 4.18. The number of hydrogen-bond donors (Lipinski definition) is 0. The van der Waals surface area contributed by atoms with Gasteiger partial charge >= 0.3 is 6.18 Å². The topological polar surface area (TPSA) is 47.8 Å². The van der Waals surface area contributed by atoms with Crippen LogP contribution in [0.15, 0.2) is 78.0 Å². The molecule has 0 saturated heterocycles. The Bertz CT molecular complexity index is 1310. The van der Waals surface area contributed by atoms with Crippen LogP contribution in [0.25, 0.3) is 17.1 Å². The van der Waals surface area contributed by atoms with Gasteiger partial charge in [0.2, 0.25) is 0 Å². The van der Waals surface area contributed by atoms with Crippen molar-refractivity contribution in [3.63, 3.8) is 0 Å². The Labute approximate surface area is 195 Å². The number of thioether (sulfide) groups is 1. The van der Waals surface area contributed by atoms with Crippen LogP contribution in [-0.4, -0.2) is 26.3 Å². The van der Waals surface area contributed by atoms with Crippen LogP contribution in [0.3, 0.4) is 0 Å². The van der Waals surface area contributed by atoms with Crippen LogP contribution in [0.5, 0.6) is 0 Å². The molecule has 168 valence electrons. The van der Waals surface area contributed by atoms with Crippen molar-refractivity contribution in [2.75, 3.05) is 5.75 Å². The van der Waals surface area contributed by atoms with Gasteiger partial charge in [0, 0.05) is 16.1 Å². The summed E-state index contributed by atoms with van der Waals surface area (Å²) in [6.07, 6.45) is -4.63. The summed E-state index contributed by atoms with van der Waals surface area (Å²) in [5.74, 6) is -0.796. The molecule has 0 N–H and O–H groups in total. The maximum Gasteiger partial charge on any atom is 0.418 e. The number of ketones is 1. The second kappa shape index (κ2) is 9.36. The Morgan fingerprint density at radius 1 is 0.970 bits per heavy atom. The standard InChI is InChI=1S/C23H14ClF4N3OS/c24-16-5-3-4-15(12-16)21-29-30-22(33-13-20(32)14-8-10-17(25)11-9-14)31(21)19-7-2-1-6-18(19)23(26,27)28/h1-12H,13H2. The molecule has 0 unspecified atom stereocenters. The van der Waals surface area contributed by atoms with E-state index in [2.05, 4.69) is 10.2 Å². The van der Waals surface area contributed by atoms with E-state index in [0.29, 0.717) is 10.6 Å². The quantitative estimate of drug-likeness (QED) is 0.171. The number of aromatic nitrogens is 3. The van der Waals surface area contributed by atoms with E-state index in [-0.39, 0.29) is 33.8 Å². The highest BCUT2D eigenvalue weighted by molar-refractivity contribution is 7.99. The van der Waals surface area contributed by atoms with Gasteiger partial charge in [-0.05, 0) is 48.5 Å². The molecule has 0 atom stereocenters. The molecule has 10 heteroatoms. The van der Waals surface area contributed by atoms with Crippen LogP contribution in [0.2, 0.25) is 5.02 Å². The van der Waals surface area contributed by atoms with E-state index >= 15 is 0 Å². The first kappa shape index (κ1) is 23.0. The molecule has 0 spiro atoms. The zero-order chi connectivity index (χ0) is 23.6. The van der Waals surface area contributed by atoms with Gasteiger partial charge in [-0.3, -0.25) is 9.36 Å². The molecule has 0 bridgehead atoms. The molecule has 0 aliphatic rings. The van der Waals surface area contributed by atoms with Crippen molar-refractivity contribution in [3.05, 3.63) is 94.8 Å². The average molecular weight is 492 g/mol. The van der Waals surface area contributed by atoms with E-state index in [9.17, 15) is 22.4 Å². The van der Waals surface area contributed by atoms with Gasteiger partial charge in [0.25, 0.3) is 0 Å². The fraction of sp³-hybridized carbons (Fsp3) is 0.0870.